The molecular weight excluding hydrogens is 220 g/mol. The minimum atomic E-state index is 0.914. The van der Waals surface area contributed by atoms with E-state index in [2.05, 4.69) is 54.8 Å². The Kier molecular flexibility index (Phi) is 4.24. The van der Waals surface area contributed by atoms with E-state index in [1.54, 1.807) is 0 Å². The van der Waals surface area contributed by atoms with Gasteiger partial charge in [-0.15, -0.1) is 0 Å². The third kappa shape index (κ3) is 3.52. The summed E-state index contributed by atoms with van der Waals surface area (Å²) in [6, 6.07) is 16.8. The van der Waals surface area contributed by atoms with Crippen molar-refractivity contribution >= 4 is 11.4 Å². The number of hydrogen-bond donors (Lipinski definition) is 2. The summed E-state index contributed by atoms with van der Waals surface area (Å²) in [5, 5.41) is 6.85. The molecule has 0 atom stereocenters. The highest BCUT2D eigenvalue weighted by Crippen LogP contribution is 2.15. The maximum absolute atomic E-state index is 3.46. The Bertz CT molecular complexity index is 492. The van der Waals surface area contributed by atoms with Gasteiger partial charge in [0.25, 0.3) is 0 Å². The van der Waals surface area contributed by atoms with Gasteiger partial charge in [0.2, 0.25) is 0 Å². The second-order valence-corrected chi connectivity index (χ2v) is 4.54. The van der Waals surface area contributed by atoms with Crippen molar-refractivity contribution < 1.29 is 0 Å². The lowest BCUT2D eigenvalue weighted by atomic mass is 10.1. The van der Waals surface area contributed by atoms with E-state index in [9.17, 15) is 0 Å². The molecule has 2 aromatic carbocycles. The fourth-order valence-corrected chi connectivity index (χ4v) is 1.89. The van der Waals surface area contributed by atoms with Gasteiger partial charge in [-0.2, -0.15) is 0 Å². The Morgan fingerprint density at radius 1 is 0.833 bits per heavy atom. The number of hydrogen-bond acceptors (Lipinski definition) is 2. The summed E-state index contributed by atoms with van der Waals surface area (Å²) in [5.74, 6) is 0. The number of benzene rings is 2. The van der Waals surface area contributed by atoms with E-state index in [1.165, 1.54) is 22.5 Å². The van der Waals surface area contributed by atoms with E-state index in [-0.39, 0.29) is 0 Å². The summed E-state index contributed by atoms with van der Waals surface area (Å²) in [5.41, 5.74) is 4.98. The largest absolute Gasteiger partial charge is 0.383 e. The highest BCUT2D eigenvalue weighted by atomic mass is 14.9. The smallest absolute Gasteiger partial charge is 0.0373 e. The van der Waals surface area contributed by atoms with Crippen LogP contribution >= 0.6 is 0 Å². The van der Waals surface area contributed by atoms with Crippen LogP contribution in [0.4, 0.5) is 11.4 Å². The van der Waals surface area contributed by atoms with E-state index in [0.29, 0.717) is 0 Å². The van der Waals surface area contributed by atoms with Gasteiger partial charge in [0, 0.05) is 24.5 Å². The van der Waals surface area contributed by atoms with Crippen LogP contribution in [-0.2, 0) is 0 Å². The fourth-order valence-electron chi connectivity index (χ4n) is 1.89. The maximum Gasteiger partial charge on any atom is 0.0373 e. The zero-order chi connectivity index (χ0) is 12.8. The molecule has 94 valence electrons. The monoisotopic (exact) mass is 240 g/mol. The van der Waals surface area contributed by atoms with Crippen LogP contribution in [0.25, 0.3) is 0 Å². The number of rotatable bonds is 5. The maximum atomic E-state index is 3.46. The average Bonchev–Trinajstić information content (AvgIpc) is 2.40. The van der Waals surface area contributed by atoms with Crippen LogP contribution in [0.3, 0.4) is 0 Å². The topological polar surface area (TPSA) is 24.1 Å². The van der Waals surface area contributed by atoms with Gasteiger partial charge < -0.3 is 10.6 Å². The van der Waals surface area contributed by atoms with Crippen molar-refractivity contribution in [1.82, 2.24) is 0 Å². The first-order chi connectivity index (χ1) is 8.75. The van der Waals surface area contributed by atoms with E-state index < -0.39 is 0 Å². The van der Waals surface area contributed by atoms with Crippen LogP contribution in [0.15, 0.2) is 48.5 Å². The molecule has 0 amide bonds. The molecule has 0 aliphatic heterocycles. The Morgan fingerprint density at radius 3 is 2.33 bits per heavy atom. The molecule has 2 N–H and O–H groups in total. The first kappa shape index (κ1) is 12.5. The second-order valence-electron chi connectivity index (χ2n) is 4.54. The van der Waals surface area contributed by atoms with Crippen molar-refractivity contribution in [1.29, 1.82) is 0 Å². The SMILES string of the molecule is Cc1ccc(C)c(NCCNc2ccccc2)c1. The Balaban J connectivity index is 1.80. The standard InChI is InChI=1S/C16H20N2/c1-13-8-9-14(2)16(12-13)18-11-10-17-15-6-4-3-5-7-15/h3-9,12,17-18H,10-11H2,1-2H3. The molecule has 0 saturated heterocycles. The first-order valence-corrected chi connectivity index (χ1v) is 6.36. The molecule has 2 rings (SSSR count). The van der Waals surface area contributed by atoms with Gasteiger partial charge in [0.15, 0.2) is 0 Å². The minimum absolute atomic E-state index is 0.914. The van der Waals surface area contributed by atoms with Crippen LogP contribution in [-0.4, -0.2) is 13.1 Å². The van der Waals surface area contributed by atoms with Crippen LogP contribution in [0, 0.1) is 13.8 Å². The van der Waals surface area contributed by atoms with Crippen LogP contribution in [0.5, 0.6) is 0 Å². The van der Waals surface area contributed by atoms with Gasteiger partial charge in [-0.05, 0) is 43.2 Å². The molecule has 0 aliphatic carbocycles. The van der Waals surface area contributed by atoms with Gasteiger partial charge in [0.1, 0.15) is 0 Å². The van der Waals surface area contributed by atoms with Crippen LogP contribution in [0.2, 0.25) is 0 Å². The van der Waals surface area contributed by atoms with E-state index in [1.807, 2.05) is 18.2 Å². The Hall–Kier alpha value is -1.96. The van der Waals surface area contributed by atoms with E-state index >= 15 is 0 Å². The molecule has 2 aromatic rings. The molecule has 0 aliphatic rings. The summed E-state index contributed by atoms with van der Waals surface area (Å²) in [6.45, 7) is 6.08. The summed E-state index contributed by atoms with van der Waals surface area (Å²) >= 11 is 0. The second kappa shape index (κ2) is 6.10. The molecule has 0 saturated carbocycles. The first-order valence-electron chi connectivity index (χ1n) is 6.36. The Labute approximate surface area is 109 Å². The molecule has 2 heteroatoms. The molecule has 0 aromatic heterocycles. The normalized spacial score (nSPS) is 10.1. The number of anilines is 2. The molecule has 0 spiro atoms. The van der Waals surface area contributed by atoms with Crippen molar-refractivity contribution in [3.63, 3.8) is 0 Å². The van der Waals surface area contributed by atoms with E-state index in [4.69, 9.17) is 0 Å². The van der Waals surface area contributed by atoms with Crippen molar-refractivity contribution in [3.8, 4) is 0 Å². The summed E-state index contributed by atoms with van der Waals surface area (Å²) in [6.07, 6.45) is 0. The van der Waals surface area contributed by atoms with Crippen LogP contribution < -0.4 is 10.6 Å². The summed E-state index contributed by atoms with van der Waals surface area (Å²) in [7, 11) is 0. The highest BCUT2D eigenvalue weighted by molar-refractivity contribution is 5.52. The zero-order valence-electron chi connectivity index (χ0n) is 11.0. The van der Waals surface area contributed by atoms with Crippen molar-refractivity contribution in [3.05, 3.63) is 59.7 Å². The lowest BCUT2D eigenvalue weighted by Gasteiger charge is -2.11. The highest BCUT2D eigenvalue weighted by Gasteiger charge is 1.97. The number of para-hydroxylation sites is 1. The number of nitrogens with one attached hydrogen (secondary N) is 2. The van der Waals surface area contributed by atoms with Crippen molar-refractivity contribution in [2.75, 3.05) is 23.7 Å². The Morgan fingerprint density at radius 2 is 1.56 bits per heavy atom. The zero-order valence-corrected chi connectivity index (χ0v) is 11.0. The molecule has 18 heavy (non-hydrogen) atoms. The van der Waals surface area contributed by atoms with Gasteiger partial charge in [0.05, 0.1) is 0 Å². The molecule has 0 unspecified atom stereocenters. The predicted molar refractivity (Wildman–Crippen MR) is 79.3 cm³/mol. The third-order valence-electron chi connectivity index (χ3n) is 2.94. The van der Waals surface area contributed by atoms with Gasteiger partial charge in [-0.1, -0.05) is 30.3 Å². The average molecular weight is 240 g/mol. The predicted octanol–water partition coefficient (Wildman–Crippen LogP) is 3.83. The molecule has 0 fully saturated rings. The third-order valence-corrected chi connectivity index (χ3v) is 2.94. The minimum Gasteiger partial charge on any atom is -0.383 e. The fraction of sp³-hybridized carbons (Fsp3) is 0.250. The van der Waals surface area contributed by atoms with Crippen LogP contribution in [0.1, 0.15) is 11.1 Å². The quantitative estimate of drug-likeness (QED) is 0.776. The molecular formula is C16H20N2. The number of aryl methyl sites for hydroxylation is 2. The summed E-state index contributed by atoms with van der Waals surface area (Å²) in [4.78, 5) is 0. The van der Waals surface area contributed by atoms with E-state index in [0.717, 1.165) is 13.1 Å². The lowest BCUT2D eigenvalue weighted by Crippen LogP contribution is -2.14. The molecule has 0 radical (unpaired) electrons. The van der Waals surface area contributed by atoms with Gasteiger partial charge in [-0.3, -0.25) is 0 Å². The molecule has 2 nitrogen and oxygen atoms in total. The van der Waals surface area contributed by atoms with Crippen molar-refractivity contribution in [2.24, 2.45) is 0 Å². The molecule has 0 heterocycles. The lowest BCUT2D eigenvalue weighted by molar-refractivity contribution is 1.07. The summed E-state index contributed by atoms with van der Waals surface area (Å²) < 4.78 is 0. The van der Waals surface area contributed by atoms with Gasteiger partial charge >= 0.3 is 0 Å². The molecule has 0 bridgehead atoms. The van der Waals surface area contributed by atoms with Crippen molar-refractivity contribution in [2.45, 2.75) is 13.8 Å². The van der Waals surface area contributed by atoms with Gasteiger partial charge in [-0.25, -0.2) is 0 Å².